The molecular weight excluding hydrogens is 370 g/mol. The Labute approximate surface area is 171 Å². The van der Waals surface area contributed by atoms with Crippen molar-refractivity contribution >= 4 is 11.6 Å². The fraction of sp³-hybridized carbons (Fsp3) is 0.440. The molecule has 2 aromatic rings. The van der Waals surface area contributed by atoms with Gasteiger partial charge in [-0.25, -0.2) is 8.78 Å². The third-order valence-corrected chi connectivity index (χ3v) is 5.95. The van der Waals surface area contributed by atoms with Gasteiger partial charge in [0.1, 0.15) is 11.7 Å². The van der Waals surface area contributed by atoms with Crippen molar-refractivity contribution < 1.29 is 18.4 Å². The van der Waals surface area contributed by atoms with Crippen molar-refractivity contribution in [1.29, 1.82) is 0 Å². The summed E-state index contributed by atoms with van der Waals surface area (Å²) in [5, 5.41) is 0. The van der Waals surface area contributed by atoms with Gasteiger partial charge in [-0.05, 0) is 48.4 Å². The van der Waals surface area contributed by atoms with Crippen LogP contribution in [0.25, 0.3) is 0 Å². The highest BCUT2D eigenvalue weighted by atomic mass is 19.3. The third kappa shape index (κ3) is 4.31. The monoisotopic (exact) mass is 398 g/mol. The Morgan fingerprint density at radius 1 is 1.00 bits per heavy atom. The molecule has 1 saturated carbocycles. The number of hydrogen-bond donors (Lipinski definition) is 0. The van der Waals surface area contributed by atoms with Gasteiger partial charge < -0.3 is 0 Å². The second-order valence-electron chi connectivity index (χ2n) is 8.20. The molecule has 0 amide bonds. The van der Waals surface area contributed by atoms with Crippen LogP contribution < -0.4 is 0 Å². The number of benzene rings is 2. The first kappa shape index (κ1) is 21.4. The van der Waals surface area contributed by atoms with Gasteiger partial charge in [-0.15, -0.1) is 0 Å². The Hall–Kier alpha value is -2.36. The molecule has 2 nitrogen and oxygen atoms in total. The summed E-state index contributed by atoms with van der Waals surface area (Å²) < 4.78 is 26.8. The molecule has 0 spiro atoms. The Bertz CT molecular complexity index is 898. The maximum absolute atomic E-state index is 13.4. The van der Waals surface area contributed by atoms with Gasteiger partial charge in [0.2, 0.25) is 0 Å². The van der Waals surface area contributed by atoms with Gasteiger partial charge in [0.15, 0.2) is 5.78 Å². The number of ketones is 2. The minimum atomic E-state index is -2.89. The first-order valence-corrected chi connectivity index (χ1v) is 10.3. The highest BCUT2D eigenvalue weighted by molar-refractivity contribution is 6.15. The van der Waals surface area contributed by atoms with Gasteiger partial charge in [-0.2, -0.15) is 0 Å². The molecule has 0 aliphatic heterocycles. The van der Waals surface area contributed by atoms with Crippen LogP contribution in [-0.4, -0.2) is 11.6 Å². The van der Waals surface area contributed by atoms with E-state index in [1.54, 1.807) is 12.1 Å². The fourth-order valence-corrected chi connectivity index (χ4v) is 4.46. The Morgan fingerprint density at radius 2 is 1.55 bits per heavy atom. The Kier molecular flexibility index (Phi) is 6.02. The summed E-state index contributed by atoms with van der Waals surface area (Å²) in [5.41, 5.74) is 4.95. The maximum atomic E-state index is 13.4. The van der Waals surface area contributed by atoms with Gasteiger partial charge in [0.25, 0.3) is 5.92 Å². The zero-order valence-corrected chi connectivity index (χ0v) is 17.5. The molecule has 0 radical (unpaired) electrons. The van der Waals surface area contributed by atoms with E-state index >= 15 is 0 Å². The molecule has 0 saturated heterocycles. The molecule has 1 aliphatic carbocycles. The average molecular weight is 398 g/mol. The molecule has 1 aliphatic rings. The van der Waals surface area contributed by atoms with Crippen LogP contribution in [0, 0.1) is 12.8 Å². The molecule has 0 heterocycles. The molecule has 2 unspecified atom stereocenters. The van der Waals surface area contributed by atoms with Crippen molar-refractivity contribution in [1.82, 2.24) is 0 Å². The number of alkyl halides is 2. The van der Waals surface area contributed by atoms with Crippen LogP contribution in [0.3, 0.4) is 0 Å². The SMILES string of the molecule is CCc1cc(C)cc(CC)c1C1C(=O)CC(Cc2ccc(C(C)(F)F)cc2)C1=O. The second kappa shape index (κ2) is 8.17. The summed E-state index contributed by atoms with van der Waals surface area (Å²) in [6.45, 7) is 6.99. The lowest BCUT2D eigenvalue weighted by atomic mass is 9.83. The van der Waals surface area contributed by atoms with Crippen LogP contribution >= 0.6 is 0 Å². The van der Waals surface area contributed by atoms with Gasteiger partial charge in [0, 0.05) is 24.8 Å². The van der Waals surface area contributed by atoms with Gasteiger partial charge in [-0.3, -0.25) is 9.59 Å². The predicted octanol–water partition coefficient (Wildman–Crippen LogP) is 5.72. The summed E-state index contributed by atoms with van der Waals surface area (Å²) in [6.07, 6.45) is 2.18. The first-order valence-electron chi connectivity index (χ1n) is 10.3. The van der Waals surface area contributed by atoms with Crippen LogP contribution in [0.2, 0.25) is 0 Å². The highest BCUT2D eigenvalue weighted by Gasteiger charge is 2.43. The number of carbonyl (C=O) groups is 2. The summed E-state index contributed by atoms with van der Waals surface area (Å²) in [6, 6.07) is 10.2. The lowest BCUT2D eigenvalue weighted by Gasteiger charge is -2.19. The van der Waals surface area contributed by atoms with E-state index in [9.17, 15) is 18.4 Å². The fourth-order valence-electron chi connectivity index (χ4n) is 4.46. The van der Waals surface area contributed by atoms with Crippen LogP contribution in [-0.2, 0) is 34.8 Å². The summed E-state index contributed by atoms with van der Waals surface area (Å²) in [5.74, 6) is -4.03. The summed E-state index contributed by atoms with van der Waals surface area (Å²) >= 11 is 0. The van der Waals surface area contributed by atoms with Crippen molar-refractivity contribution in [2.45, 2.75) is 65.2 Å². The van der Waals surface area contributed by atoms with E-state index in [2.05, 4.69) is 12.1 Å². The van der Waals surface area contributed by atoms with Crippen LogP contribution in [0.5, 0.6) is 0 Å². The van der Waals surface area contributed by atoms with E-state index < -0.39 is 17.8 Å². The third-order valence-electron chi connectivity index (χ3n) is 5.95. The topological polar surface area (TPSA) is 34.1 Å². The Balaban J connectivity index is 1.88. The van der Waals surface area contributed by atoms with Crippen LogP contribution in [0.4, 0.5) is 8.78 Å². The van der Waals surface area contributed by atoms with Crippen LogP contribution in [0.15, 0.2) is 36.4 Å². The number of hydrogen-bond acceptors (Lipinski definition) is 2. The van der Waals surface area contributed by atoms with Crippen molar-refractivity contribution in [3.63, 3.8) is 0 Å². The molecule has 29 heavy (non-hydrogen) atoms. The van der Waals surface area contributed by atoms with Gasteiger partial charge in [0.05, 0.1) is 0 Å². The molecule has 2 aromatic carbocycles. The number of aryl methyl sites for hydroxylation is 3. The number of rotatable bonds is 6. The first-order chi connectivity index (χ1) is 13.7. The quantitative estimate of drug-likeness (QED) is 0.584. The molecular formula is C25H28F2O2. The molecule has 0 N–H and O–H groups in total. The zero-order valence-electron chi connectivity index (χ0n) is 17.5. The highest BCUT2D eigenvalue weighted by Crippen LogP contribution is 2.38. The summed E-state index contributed by atoms with van der Waals surface area (Å²) in [4.78, 5) is 26.1. The maximum Gasteiger partial charge on any atom is 0.270 e. The molecule has 4 heteroatoms. The molecule has 0 bridgehead atoms. The lowest BCUT2D eigenvalue weighted by Crippen LogP contribution is -2.20. The van der Waals surface area contributed by atoms with E-state index in [4.69, 9.17) is 0 Å². The summed E-state index contributed by atoms with van der Waals surface area (Å²) in [7, 11) is 0. The number of carbonyl (C=O) groups excluding carboxylic acids is 2. The number of halogens is 2. The van der Waals surface area contributed by atoms with E-state index in [-0.39, 0.29) is 23.6 Å². The molecule has 2 atom stereocenters. The predicted molar refractivity (Wildman–Crippen MR) is 111 cm³/mol. The average Bonchev–Trinajstić information content (AvgIpc) is 2.94. The van der Waals surface area contributed by atoms with Gasteiger partial charge >= 0.3 is 0 Å². The standard InChI is InChI=1S/C25H28F2O2/c1-5-17-11-15(3)12-18(6-2)22(17)23-21(28)14-19(24(23)29)13-16-7-9-20(10-8-16)25(4,26)27/h7-12,19,23H,5-6,13-14H2,1-4H3. The minimum Gasteiger partial charge on any atom is -0.298 e. The zero-order chi connectivity index (χ0) is 21.3. The van der Waals surface area contributed by atoms with Crippen molar-refractivity contribution in [2.75, 3.05) is 0 Å². The second-order valence-corrected chi connectivity index (χ2v) is 8.20. The van der Waals surface area contributed by atoms with Crippen molar-refractivity contribution in [3.05, 3.63) is 69.8 Å². The smallest absolute Gasteiger partial charge is 0.270 e. The van der Waals surface area contributed by atoms with E-state index in [1.165, 1.54) is 12.1 Å². The molecule has 3 rings (SSSR count). The number of Topliss-reactive ketones (excluding diaryl/α,β-unsaturated/α-hetero) is 2. The lowest BCUT2D eigenvalue weighted by molar-refractivity contribution is -0.124. The largest absolute Gasteiger partial charge is 0.298 e. The molecule has 154 valence electrons. The molecule has 0 aromatic heterocycles. The van der Waals surface area contributed by atoms with E-state index in [0.717, 1.165) is 47.6 Å². The van der Waals surface area contributed by atoms with E-state index in [1.807, 2.05) is 20.8 Å². The van der Waals surface area contributed by atoms with Crippen molar-refractivity contribution in [2.24, 2.45) is 5.92 Å². The van der Waals surface area contributed by atoms with Crippen molar-refractivity contribution in [3.8, 4) is 0 Å². The van der Waals surface area contributed by atoms with Gasteiger partial charge in [-0.1, -0.05) is 55.8 Å². The van der Waals surface area contributed by atoms with Crippen LogP contribution in [0.1, 0.15) is 66.5 Å². The van der Waals surface area contributed by atoms with E-state index in [0.29, 0.717) is 6.42 Å². The normalized spacial score (nSPS) is 19.8. The Morgan fingerprint density at radius 3 is 2.03 bits per heavy atom. The molecule has 1 fully saturated rings. The minimum absolute atomic E-state index is 0.0232.